The maximum absolute atomic E-state index is 11.0. The molecule has 0 atom stereocenters. The highest BCUT2D eigenvalue weighted by molar-refractivity contribution is 6.01. The molecule has 0 aliphatic carbocycles. The van der Waals surface area contributed by atoms with Gasteiger partial charge in [-0.3, -0.25) is 19.7 Å². The van der Waals surface area contributed by atoms with Gasteiger partial charge in [0.2, 0.25) is 6.54 Å². The lowest BCUT2D eigenvalue weighted by molar-refractivity contribution is -0.479. The van der Waals surface area contributed by atoms with Gasteiger partial charge in [0.1, 0.15) is 6.42 Å². The van der Waals surface area contributed by atoms with Gasteiger partial charge in [0.15, 0.2) is 0 Å². The number of hydrogen-bond acceptors (Lipinski definition) is 6. The molecular formula is C7H8N2O6. The van der Waals surface area contributed by atoms with E-state index < -0.39 is 35.7 Å². The van der Waals surface area contributed by atoms with Crippen molar-refractivity contribution in [3.63, 3.8) is 0 Å². The lowest BCUT2D eigenvalue weighted by atomic mass is 10.4. The summed E-state index contributed by atoms with van der Waals surface area (Å²) >= 11 is 0. The highest BCUT2D eigenvalue weighted by Gasteiger charge is 2.32. The van der Waals surface area contributed by atoms with E-state index in [4.69, 9.17) is 0 Å². The summed E-state index contributed by atoms with van der Waals surface area (Å²) in [5, 5.41) is 10.3. The normalized spacial score (nSPS) is 15.6. The number of amides is 2. The summed E-state index contributed by atoms with van der Waals surface area (Å²) in [5.41, 5.74) is 0. The second-order valence-corrected chi connectivity index (χ2v) is 2.85. The van der Waals surface area contributed by atoms with Crippen molar-refractivity contribution in [2.24, 2.45) is 0 Å². The molecule has 8 nitrogen and oxygen atoms in total. The topological polar surface area (TPSA) is 107 Å². The van der Waals surface area contributed by atoms with Crippen molar-refractivity contribution in [2.45, 2.75) is 19.3 Å². The minimum absolute atomic E-state index is 0.00134. The number of carbonyl (C=O) groups excluding carboxylic acids is 3. The first-order valence-corrected chi connectivity index (χ1v) is 4.19. The summed E-state index contributed by atoms with van der Waals surface area (Å²) in [6.07, 6.45) is -0.466. The smallest absolute Gasteiger partial charge is 0.330 e. The van der Waals surface area contributed by atoms with Gasteiger partial charge in [-0.25, -0.2) is 4.79 Å². The van der Waals surface area contributed by atoms with Crippen LogP contribution in [0.2, 0.25) is 0 Å². The van der Waals surface area contributed by atoms with Crippen LogP contribution in [-0.4, -0.2) is 34.3 Å². The van der Waals surface area contributed by atoms with Crippen LogP contribution >= 0.6 is 0 Å². The molecule has 82 valence electrons. The van der Waals surface area contributed by atoms with Crippen molar-refractivity contribution >= 4 is 17.8 Å². The number of hydrogen-bond donors (Lipinski definition) is 0. The summed E-state index contributed by atoms with van der Waals surface area (Å²) in [7, 11) is 0. The fourth-order valence-electron chi connectivity index (χ4n) is 0.988. The van der Waals surface area contributed by atoms with Gasteiger partial charge in [0.25, 0.3) is 11.8 Å². The van der Waals surface area contributed by atoms with Crippen LogP contribution in [0.4, 0.5) is 0 Å². The van der Waals surface area contributed by atoms with Gasteiger partial charge >= 0.3 is 5.97 Å². The van der Waals surface area contributed by atoms with Crippen LogP contribution in [0.5, 0.6) is 0 Å². The molecule has 2 amide bonds. The van der Waals surface area contributed by atoms with E-state index in [-0.39, 0.29) is 12.8 Å². The Labute approximate surface area is 83.9 Å². The van der Waals surface area contributed by atoms with Crippen molar-refractivity contribution in [1.82, 2.24) is 5.06 Å². The van der Waals surface area contributed by atoms with Crippen molar-refractivity contribution in [3.8, 4) is 0 Å². The molecule has 0 unspecified atom stereocenters. The first-order chi connectivity index (χ1) is 7.00. The van der Waals surface area contributed by atoms with Crippen LogP contribution in [-0.2, 0) is 19.2 Å². The summed E-state index contributed by atoms with van der Waals surface area (Å²) in [4.78, 5) is 46.4. The Bertz CT molecular complexity index is 309. The third-order valence-corrected chi connectivity index (χ3v) is 1.70. The van der Waals surface area contributed by atoms with Crippen LogP contribution in [0, 0.1) is 10.1 Å². The Morgan fingerprint density at radius 3 is 2.40 bits per heavy atom. The van der Waals surface area contributed by atoms with E-state index in [1.54, 1.807) is 0 Å². The average Bonchev–Trinajstić information content (AvgIpc) is 2.46. The van der Waals surface area contributed by atoms with Crippen LogP contribution in [0.15, 0.2) is 0 Å². The largest absolute Gasteiger partial charge is 0.339 e. The zero-order valence-electron chi connectivity index (χ0n) is 7.67. The van der Waals surface area contributed by atoms with Gasteiger partial charge in [-0.1, -0.05) is 0 Å². The van der Waals surface area contributed by atoms with Gasteiger partial charge in [-0.05, 0) is 0 Å². The summed E-state index contributed by atoms with van der Waals surface area (Å²) < 4.78 is 0. The maximum atomic E-state index is 11.0. The van der Waals surface area contributed by atoms with Gasteiger partial charge in [0.05, 0.1) is 0 Å². The molecular weight excluding hydrogens is 208 g/mol. The quantitative estimate of drug-likeness (QED) is 0.348. The average molecular weight is 216 g/mol. The highest BCUT2D eigenvalue weighted by atomic mass is 16.7. The molecule has 0 radical (unpaired) electrons. The Balaban J connectivity index is 2.40. The van der Waals surface area contributed by atoms with E-state index in [1.165, 1.54) is 0 Å². The van der Waals surface area contributed by atoms with Crippen molar-refractivity contribution in [2.75, 3.05) is 6.54 Å². The molecule has 0 bridgehead atoms. The van der Waals surface area contributed by atoms with Crippen molar-refractivity contribution < 1.29 is 24.1 Å². The number of rotatable bonds is 4. The number of nitro groups is 1. The zero-order chi connectivity index (χ0) is 11.4. The molecule has 0 spiro atoms. The minimum Gasteiger partial charge on any atom is -0.330 e. The van der Waals surface area contributed by atoms with Crippen LogP contribution in [0.3, 0.4) is 0 Å². The second-order valence-electron chi connectivity index (χ2n) is 2.85. The highest BCUT2D eigenvalue weighted by Crippen LogP contribution is 2.12. The summed E-state index contributed by atoms with van der Waals surface area (Å²) in [5.74, 6) is -2.17. The molecule has 1 aliphatic heterocycles. The molecule has 1 rings (SSSR count). The Morgan fingerprint density at radius 1 is 1.40 bits per heavy atom. The molecule has 0 N–H and O–H groups in total. The molecule has 1 aliphatic rings. The fourth-order valence-corrected chi connectivity index (χ4v) is 0.988. The number of hydroxylamine groups is 2. The first kappa shape index (κ1) is 11.1. The monoisotopic (exact) mass is 216 g/mol. The molecule has 1 heterocycles. The third-order valence-electron chi connectivity index (χ3n) is 1.70. The van der Waals surface area contributed by atoms with E-state index in [0.29, 0.717) is 5.06 Å². The molecule has 0 saturated carbocycles. The minimum atomic E-state index is -0.963. The predicted molar refractivity (Wildman–Crippen MR) is 43.7 cm³/mol. The number of imide groups is 1. The van der Waals surface area contributed by atoms with Crippen molar-refractivity contribution in [3.05, 3.63) is 10.1 Å². The Morgan fingerprint density at radius 2 is 1.93 bits per heavy atom. The molecule has 1 saturated heterocycles. The van der Waals surface area contributed by atoms with Gasteiger partial charge < -0.3 is 4.84 Å². The summed E-state index contributed by atoms with van der Waals surface area (Å²) in [6.45, 7) is -0.588. The SMILES string of the molecule is O=C(CC[N+](=O)[O-])ON1C(=O)CCC1=O. The van der Waals surface area contributed by atoms with Crippen molar-refractivity contribution in [1.29, 1.82) is 0 Å². The zero-order valence-corrected chi connectivity index (χ0v) is 7.67. The second kappa shape index (κ2) is 4.49. The van der Waals surface area contributed by atoms with Gasteiger partial charge in [-0.2, -0.15) is 0 Å². The number of carbonyl (C=O) groups is 3. The molecule has 0 aromatic carbocycles. The van der Waals surface area contributed by atoms with E-state index >= 15 is 0 Å². The number of nitrogens with zero attached hydrogens (tertiary/aromatic N) is 2. The van der Waals surface area contributed by atoms with Crippen LogP contribution in [0.25, 0.3) is 0 Å². The van der Waals surface area contributed by atoms with Gasteiger partial charge in [-0.15, -0.1) is 5.06 Å². The first-order valence-electron chi connectivity index (χ1n) is 4.19. The molecule has 1 fully saturated rings. The third kappa shape index (κ3) is 3.01. The Hall–Kier alpha value is -1.99. The van der Waals surface area contributed by atoms with Gasteiger partial charge in [0, 0.05) is 17.8 Å². The van der Waals surface area contributed by atoms with E-state index in [0.717, 1.165) is 0 Å². The van der Waals surface area contributed by atoms with E-state index in [1.807, 2.05) is 0 Å². The molecule has 0 aromatic rings. The lowest BCUT2D eigenvalue weighted by Crippen LogP contribution is -2.32. The standard InChI is InChI=1S/C7H8N2O6/c10-5-1-2-6(11)9(5)15-7(12)3-4-8(13)14/h1-4H2. The fraction of sp³-hybridized carbons (Fsp3) is 0.571. The lowest BCUT2D eigenvalue weighted by Gasteiger charge is -2.11. The molecule has 8 heteroatoms. The summed E-state index contributed by atoms with van der Waals surface area (Å²) in [6, 6.07) is 0. The van der Waals surface area contributed by atoms with Crippen LogP contribution < -0.4 is 0 Å². The van der Waals surface area contributed by atoms with Crippen LogP contribution in [0.1, 0.15) is 19.3 Å². The predicted octanol–water partition coefficient (Wildman–Crippen LogP) is -0.740. The molecule has 15 heavy (non-hydrogen) atoms. The van der Waals surface area contributed by atoms with E-state index in [2.05, 4.69) is 4.84 Å². The molecule has 0 aromatic heterocycles. The maximum Gasteiger partial charge on any atom is 0.339 e. The Kier molecular flexibility index (Phi) is 3.32. The van der Waals surface area contributed by atoms with E-state index in [9.17, 15) is 24.5 Å².